The quantitative estimate of drug-likeness (QED) is 0.226. The number of rotatable bonds is 9. The topological polar surface area (TPSA) is 76.7 Å². The lowest BCUT2D eigenvalue weighted by molar-refractivity contribution is -0.137. The van der Waals surface area contributed by atoms with Crippen molar-refractivity contribution in [2.45, 2.75) is 51.6 Å². The van der Waals surface area contributed by atoms with E-state index < -0.39 is 40.3 Å². The van der Waals surface area contributed by atoms with Crippen molar-refractivity contribution in [3.63, 3.8) is 0 Å². The van der Waals surface area contributed by atoms with Crippen molar-refractivity contribution in [3.05, 3.63) is 115 Å². The molecule has 0 heterocycles. The minimum atomic E-state index is -4.45. The molecule has 0 aromatic heterocycles. The number of ether oxygens (including phenoxy) is 2. The molecule has 6 nitrogen and oxygen atoms in total. The van der Waals surface area contributed by atoms with E-state index in [0.717, 1.165) is 23.3 Å². The fourth-order valence-electron chi connectivity index (χ4n) is 4.34. The van der Waals surface area contributed by atoms with Crippen molar-refractivity contribution in [1.82, 2.24) is 5.32 Å². The lowest BCUT2D eigenvalue weighted by Crippen LogP contribution is -2.39. The lowest BCUT2D eigenvalue weighted by atomic mass is 9.95. The summed E-state index contributed by atoms with van der Waals surface area (Å²) >= 11 is 0. The van der Waals surface area contributed by atoms with E-state index >= 15 is 0 Å². The molecule has 0 radical (unpaired) electrons. The van der Waals surface area contributed by atoms with Gasteiger partial charge in [0.1, 0.15) is 17.0 Å². The molecule has 0 saturated heterocycles. The van der Waals surface area contributed by atoms with Gasteiger partial charge in [0.25, 0.3) is 10.9 Å². The van der Waals surface area contributed by atoms with Gasteiger partial charge in [-0.1, -0.05) is 36.4 Å². The molecule has 2 unspecified atom stereocenters. The molecule has 2 atom stereocenters. The molecule has 0 aliphatic carbocycles. The van der Waals surface area contributed by atoms with Gasteiger partial charge in [0.15, 0.2) is 5.75 Å². The Morgan fingerprint density at radius 3 is 2.08 bits per heavy atom. The maximum atomic E-state index is 13.4. The van der Waals surface area contributed by atoms with Gasteiger partial charge in [-0.05, 0) is 80.8 Å². The summed E-state index contributed by atoms with van der Waals surface area (Å²) in [5.41, 5.74) is 0.0346. The molecule has 4 aromatic carbocycles. The van der Waals surface area contributed by atoms with Crippen molar-refractivity contribution < 1.29 is 22.6 Å². The number of nitrogens with one attached hydrogen (secondary N) is 2. The Balaban J connectivity index is 1.68. The van der Waals surface area contributed by atoms with Gasteiger partial charge >= 0.3 is 6.18 Å². The number of hydrogen-bond acceptors (Lipinski definition) is 6. The first-order valence-electron chi connectivity index (χ1n) is 12.7. The van der Waals surface area contributed by atoms with Gasteiger partial charge in [0, 0.05) is 11.7 Å². The Morgan fingerprint density at radius 1 is 0.800 bits per heavy atom. The molecule has 9 heteroatoms. The normalized spacial score (nSPS) is 13.6. The summed E-state index contributed by atoms with van der Waals surface area (Å²) in [6.45, 7) is 7.15. The second kappa shape index (κ2) is 11.2. The van der Waals surface area contributed by atoms with Gasteiger partial charge in [-0.3, -0.25) is 14.9 Å². The first-order valence-corrected chi connectivity index (χ1v) is 12.7. The summed E-state index contributed by atoms with van der Waals surface area (Å²) in [5.74, 6) is 0.654. The van der Waals surface area contributed by atoms with E-state index in [-0.39, 0.29) is 11.4 Å². The van der Waals surface area contributed by atoms with Gasteiger partial charge < -0.3 is 14.8 Å². The summed E-state index contributed by atoms with van der Waals surface area (Å²) in [4.78, 5) is 24.4. The number of methoxy groups -OCH3 is 1. The highest BCUT2D eigenvalue weighted by molar-refractivity contribution is 5.70. The van der Waals surface area contributed by atoms with Crippen LogP contribution in [-0.2, 0) is 6.18 Å². The second-order valence-corrected chi connectivity index (χ2v) is 10.5. The zero-order valence-corrected chi connectivity index (χ0v) is 22.8. The van der Waals surface area contributed by atoms with Crippen LogP contribution in [0.1, 0.15) is 62.0 Å². The van der Waals surface area contributed by atoms with Crippen molar-refractivity contribution >= 4 is 11.4 Å². The van der Waals surface area contributed by atoms with Crippen LogP contribution in [0.15, 0.2) is 82.4 Å². The highest BCUT2D eigenvalue weighted by atomic mass is 19.4. The van der Waals surface area contributed by atoms with Crippen LogP contribution in [0, 0.1) is 0 Å². The fraction of sp³-hybridized carbons (Fsp3) is 0.290. The van der Waals surface area contributed by atoms with Gasteiger partial charge in [-0.25, -0.2) is 0 Å². The standard InChI is InChI=1S/C31H31F3N2O4/c1-18(20-8-6-10-22(16-20)31(32,33)34)35-25(19-12-14-24(39-5)15-13-19)21-9-7-11-23(17-21)36-26-27(37)28(38)29(26)40-30(2,3)4/h6-18,25,35-36H,1-5H3. The summed E-state index contributed by atoms with van der Waals surface area (Å²) in [5, 5.41) is 6.47. The van der Waals surface area contributed by atoms with Gasteiger partial charge in [0.05, 0.1) is 18.7 Å². The minimum absolute atomic E-state index is 0.00842. The Bertz CT molecular complexity index is 1550. The van der Waals surface area contributed by atoms with Crippen LogP contribution in [-0.4, -0.2) is 12.7 Å². The summed E-state index contributed by atoms with van der Waals surface area (Å²) in [6.07, 6.45) is -4.45. The highest BCUT2D eigenvalue weighted by Crippen LogP contribution is 2.34. The maximum absolute atomic E-state index is 13.4. The predicted octanol–water partition coefficient (Wildman–Crippen LogP) is 6.67. The SMILES string of the molecule is COc1ccc(C(NC(C)c2cccc(C(F)(F)F)c2)c2cccc(Nc3c(OC(C)(C)C)c(=O)c3=O)c2)cc1. The summed E-state index contributed by atoms with van der Waals surface area (Å²) < 4.78 is 51.0. The van der Waals surface area contributed by atoms with E-state index in [1.54, 1.807) is 65.1 Å². The van der Waals surface area contributed by atoms with Crippen LogP contribution in [0.5, 0.6) is 11.5 Å². The van der Waals surface area contributed by atoms with Gasteiger partial charge in [-0.15, -0.1) is 0 Å². The van der Waals surface area contributed by atoms with Crippen molar-refractivity contribution in [1.29, 1.82) is 0 Å². The predicted molar refractivity (Wildman–Crippen MR) is 149 cm³/mol. The van der Waals surface area contributed by atoms with Crippen molar-refractivity contribution in [2.75, 3.05) is 12.4 Å². The van der Waals surface area contributed by atoms with E-state index in [9.17, 15) is 22.8 Å². The molecule has 0 aliphatic rings. The monoisotopic (exact) mass is 552 g/mol. The van der Waals surface area contributed by atoms with Crippen molar-refractivity contribution in [3.8, 4) is 11.5 Å². The number of benzene rings is 3. The fourth-order valence-corrected chi connectivity index (χ4v) is 4.34. The molecule has 0 spiro atoms. The van der Waals surface area contributed by atoms with Crippen LogP contribution >= 0.6 is 0 Å². The number of anilines is 2. The lowest BCUT2D eigenvalue weighted by Gasteiger charge is -2.26. The Morgan fingerprint density at radius 2 is 1.45 bits per heavy atom. The molecule has 4 rings (SSSR count). The second-order valence-electron chi connectivity index (χ2n) is 10.5. The van der Waals surface area contributed by atoms with Gasteiger partial charge in [-0.2, -0.15) is 13.2 Å². The average Bonchev–Trinajstić information content (AvgIpc) is 2.92. The minimum Gasteiger partial charge on any atom is -0.497 e. The van der Waals surface area contributed by atoms with E-state index in [4.69, 9.17) is 9.47 Å². The molecule has 40 heavy (non-hydrogen) atoms. The first kappa shape index (κ1) is 28.9. The zero-order valence-electron chi connectivity index (χ0n) is 22.8. The molecular formula is C31H31F3N2O4. The van der Waals surface area contributed by atoms with Crippen LogP contribution < -0.4 is 31.0 Å². The molecule has 0 aliphatic heterocycles. The third-order valence-corrected chi connectivity index (χ3v) is 6.34. The first-order chi connectivity index (χ1) is 18.8. The van der Waals surface area contributed by atoms with Crippen LogP contribution in [0.4, 0.5) is 24.5 Å². The molecule has 0 bridgehead atoms. The molecule has 0 amide bonds. The molecule has 210 valence electrons. The summed E-state index contributed by atoms with van der Waals surface area (Å²) in [6, 6.07) is 19.0. The molecule has 2 N–H and O–H groups in total. The van der Waals surface area contributed by atoms with E-state index in [2.05, 4.69) is 10.6 Å². The zero-order chi connectivity index (χ0) is 29.2. The van der Waals surface area contributed by atoms with E-state index in [1.165, 1.54) is 6.07 Å². The van der Waals surface area contributed by atoms with Crippen LogP contribution in [0.2, 0.25) is 0 Å². The van der Waals surface area contributed by atoms with Crippen LogP contribution in [0.3, 0.4) is 0 Å². The van der Waals surface area contributed by atoms with Crippen molar-refractivity contribution in [2.24, 2.45) is 0 Å². The van der Waals surface area contributed by atoms with Crippen LogP contribution in [0.25, 0.3) is 0 Å². The number of alkyl halides is 3. The Hall–Kier alpha value is -4.11. The molecule has 4 aromatic rings. The highest BCUT2D eigenvalue weighted by Gasteiger charge is 2.31. The smallest absolute Gasteiger partial charge is 0.416 e. The number of halogens is 3. The van der Waals surface area contributed by atoms with E-state index in [1.807, 2.05) is 24.3 Å². The largest absolute Gasteiger partial charge is 0.497 e. The molecular weight excluding hydrogens is 521 g/mol. The summed E-state index contributed by atoms with van der Waals surface area (Å²) in [7, 11) is 1.56. The molecule has 0 fully saturated rings. The van der Waals surface area contributed by atoms with E-state index in [0.29, 0.717) is 17.0 Å². The van der Waals surface area contributed by atoms with Gasteiger partial charge in [0.2, 0.25) is 0 Å². The Kier molecular flexibility index (Phi) is 8.07. The third kappa shape index (κ3) is 6.54. The Labute approximate surface area is 230 Å². The maximum Gasteiger partial charge on any atom is 0.416 e. The third-order valence-electron chi connectivity index (χ3n) is 6.34. The average molecular weight is 553 g/mol. The number of hydrogen-bond donors (Lipinski definition) is 2. The molecule has 0 saturated carbocycles.